The first-order chi connectivity index (χ1) is 4.52. The van der Waals surface area contributed by atoms with E-state index in [0.717, 1.165) is 0 Å². The van der Waals surface area contributed by atoms with Crippen molar-refractivity contribution in [3.8, 4) is 0 Å². The monoisotopic (exact) mass is 156 g/mol. The second-order valence-electron chi connectivity index (χ2n) is 2.21. The van der Waals surface area contributed by atoms with Gasteiger partial charge in [0.2, 0.25) is 0 Å². The van der Waals surface area contributed by atoms with E-state index in [1.807, 2.05) is 0 Å². The van der Waals surface area contributed by atoms with E-state index in [2.05, 4.69) is 0 Å². The number of halogens is 3. The molecule has 1 nitrogen and oxygen atoms in total. The highest BCUT2D eigenvalue weighted by atomic mass is 19.4. The Morgan fingerprint density at radius 3 is 2.00 bits per heavy atom. The van der Waals surface area contributed by atoms with Crippen LogP contribution in [0.3, 0.4) is 0 Å². The first kappa shape index (κ1) is 9.75. The van der Waals surface area contributed by atoms with Gasteiger partial charge in [-0.15, -0.1) is 0 Å². The highest BCUT2D eigenvalue weighted by Crippen LogP contribution is 2.28. The molecule has 0 saturated heterocycles. The summed E-state index contributed by atoms with van der Waals surface area (Å²) < 4.78 is 35.2. The van der Waals surface area contributed by atoms with Crippen molar-refractivity contribution in [3.63, 3.8) is 0 Å². The van der Waals surface area contributed by atoms with Gasteiger partial charge in [-0.25, -0.2) is 0 Å². The van der Waals surface area contributed by atoms with Gasteiger partial charge in [0.25, 0.3) is 0 Å². The molecule has 10 heavy (non-hydrogen) atoms. The SMILES string of the molecule is CCCC(CO)C(F)(F)F. The highest BCUT2D eigenvalue weighted by Gasteiger charge is 2.37. The molecule has 0 rings (SSSR count). The lowest BCUT2D eigenvalue weighted by Crippen LogP contribution is -2.25. The van der Waals surface area contributed by atoms with Gasteiger partial charge in [0.15, 0.2) is 0 Å². The lowest BCUT2D eigenvalue weighted by Gasteiger charge is -2.16. The third kappa shape index (κ3) is 3.06. The van der Waals surface area contributed by atoms with Crippen LogP contribution in [0.1, 0.15) is 19.8 Å². The molecule has 4 heteroatoms. The fraction of sp³-hybridized carbons (Fsp3) is 1.00. The third-order valence-corrected chi connectivity index (χ3v) is 1.32. The third-order valence-electron chi connectivity index (χ3n) is 1.32. The van der Waals surface area contributed by atoms with E-state index >= 15 is 0 Å². The summed E-state index contributed by atoms with van der Waals surface area (Å²) >= 11 is 0. The number of aliphatic hydroxyl groups is 1. The van der Waals surface area contributed by atoms with Gasteiger partial charge in [-0.3, -0.25) is 0 Å². The van der Waals surface area contributed by atoms with Crippen molar-refractivity contribution < 1.29 is 18.3 Å². The molecule has 0 heterocycles. The van der Waals surface area contributed by atoms with Crippen molar-refractivity contribution in [1.29, 1.82) is 0 Å². The predicted molar refractivity (Wildman–Crippen MR) is 31.5 cm³/mol. The van der Waals surface area contributed by atoms with Crippen molar-refractivity contribution in [2.75, 3.05) is 6.61 Å². The Morgan fingerprint density at radius 1 is 1.40 bits per heavy atom. The summed E-state index contributed by atoms with van der Waals surface area (Å²) in [4.78, 5) is 0. The van der Waals surface area contributed by atoms with Crippen LogP contribution in [0, 0.1) is 5.92 Å². The van der Waals surface area contributed by atoms with Crippen LogP contribution in [0.5, 0.6) is 0 Å². The lowest BCUT2D eigenvalue weighted by atomic mass is 10.1. The summed E-state index contributed by atoms with van der Waals surface area (Å²) in [6.07, 6.45) is -3.77. The number of rotatable bonds is 3. The molecule has 0 spiro atoms. The van der Waals surface area contributed by atoms with Crippen LogP contribution >= 0.6 is 0 Å². The fourth-order valence-corrected chi connectivity index (χ4v) is 0.707. The predicted octanol–water partition coefficient (Wildman–Crippen LogP) is 1.96. The molecular formula is C6H11F3O. The van der Waals surface area contributed by atoms with Crippen molar-refractivity contribution in [2.24, 2.45) is 5.92 Å². The Balaban J connectivity index is 3.81. The molecule has 0 aromatic rings. The average Bonchev–Trinajstić information content (AvgIpc) is 1.80. The Hall–Kier alpha value is -0.250. The maximum absolute atomic E-state index is 11.7. The number of hydrogen-bond donors (Lipinski definition) is 1. The Bertz CT molecular complexity index is 89.5. The summed E-state index contributed by atoms with van der Waals surface area (Å²) in [5, 5.41) is 8.27. The highest BCUT2D eigenvalue weighted by molar-refractivity contribution is 4.64. The molecule has 1 N–H and O–H groups in total. The molecule has 0 fully saturated rings. The smallest absolute Gasteiger partial charge is 0.394 e. The van der Waals surface area contributed by atoms with E-state index < -0.39 is 18.7 Å². The lowest BCUT2D eigenvalue weighted by molar-refractivity contribution is -0.185. The van der Waals surface area contributed by atoms with Gasteiger partial charge in [-0.1, -0.05) is 13.3 Å². The van der Waals surface area contributed by atoms with Crippen LogP contribution in [0.25, 0.3) is 0 Å². The molecule has 0 aromatic carbocycles. The molecule has 0 aliphatic heterocycles. The standard InChI is InChI=1S/C6H11F3O/c1-2-3-5(4-10)6(7,8)9/h5,10H,2-4H2,1H3. The molecular weight excluding hydrogens is 145 g/mol. The second kappa shape index (κ2) is 3.81. The summed E-state index contributed by atoms with van der Waals surface area (Å²) in [7, 11) is 0. The molecule has 62 valence electrons. The van der Waals surface area contributed by atoms with Gasteiger partial charge in [0.05, 0.1) is 12.5 Å². The molecule has 0 amide bonds. The number of aliphatic hydroxyl groups excluding tert-OH is 1. The van der Waals surface area contributed by atoms with Crippen LogP contribution in [0.15, 0.2) is 0 Å². The van der Waals surface area contributed by atoms with Crippen molar-refractivity contribution >= 4 is 0 Å². The van der Waals surface area contributed by atoms with Gasteiger partial charge in [0, 0.05) is 0 Å². The summed E-state index contributed by atoms with van der Waals surface area (Å²) in [6.45, 7) is 0.867. The minimum absolute atomic E-state index is 0.0139. The molecule has 1 unspecified atom stereocenters. The zero-order valence-corrected chi connectivity index (χ0v) is 5.78. The van der Waals surface area contributed by atoms with Gasteiger partial charge in [0.1, 0.15) is 0 Å². The van der Waals surface area contributed by atoms with Gasteiger partial charge < -0.3 is 5.11 Å². The van der Waals surface area contributed by atoms with Gasteiger partial charge in [-0.05, 0) is 6.42 Å². The molecule has 0 bridgehead atoms. The minimum Gasteiger partial charge on any atom is -0.396 e. The fourth-order valence-electron chi connectivity index (χ4n) is 0.707. The molecule has 0 aromatic heterocycles. The van der Waals surface area contributed by atoms with Crippen molar-refractivity contribution in [1.82, 2.24) is 0 Å². The average molecular weight is 156 g/mol. The topological polar surface area (TPSA) is 20.2 Å². The van der Waals surface area contributed by atoms with Crippen LogP contribution in [0.4, 0.5) is 13.2 Å². The first-order valence-electron chi connectivity index (χ1n) is 3.20. The quantitative estimate of drug-likeness (QED) is 0.662. The van der Waals surface area contributed by atoms with Crippen LogP contribution < -0.4 is 0 Å². The van der Waals surface area contributed by atoms with Crippen LogP contribution in [-0.4, -0.2) is 17.9 Å². The van der Waals surface area contributed by atoms with Gasteiger partial charge >= 0.3 is 6.18 Å². The molecule has 0 radical (unpaired) electrons. The first-order valence-corrected chi connectivity index (χ1v) is 3.20. The molecule has 1 atom stereocenters. The van der Waals surface area contributed by atoms with Crippen LogP contribution in [-0.2, 0) is 0 Å². The normalized spacial score (nSPS) is 15.3. The maximum Gasteiger partial charge on any atom is 0.394 e. The van der Waals surface area contributed by atoms with E-state index in [1.165, 1.54) is 0 Å². The zero-order valence-electron chi connectivity index (χ0n) is 5.78. The van der Waals surface area contributed by atoms with Crippen LogP contribution in [0.2, 0.25) is 0 Å². The minimum atomic E-state index is -4.23. The van der Waals surface area contributed by atoms with E-state index in [-0.39, 0.29) is 6.42 Å². The number of hydrogen-bond acceptors (Lipinski definition) is 1. The summed E-state index contributed by atoms with van der Waals surface area (Å²) in [6, 6.07) is 0. The molecule has 0 saturated carbocycles. The van der Waals surface area contributed by atoms with E-state index in [9.17, 15) is 13.2 Å². The summed E-state index contributed by atoms with van der Waals surface area (Å²) in [5.74, 6) is -1.53. The zero-order chi connectivity index (χ0) is 8.20. The largest absolute Gasteiger partial charge is 0.396 e. The summed E-state index contributed by atoms with van der Waals surface area (Å²) in [5.41, 5.74) is 0. The molecule has 0 aliphatic carbocycles. The van der Waals surface area contributed by atoms with E-state index in [1.54, 1.807) is 6.92 Å². The molecule has 0 aliphatic rings. The van der Waals surface area contributed by atoms with E-state index in [4.69, 9.17) is 5.11 Å². The second-order valence-corrected chi connectivity index (χ2v) is 2.21. The van der Waals surface area contributed by atoms with E-state index in [0.29, 0.717) is 6.42 Å². The Labute approximate surface area is 57.9 Å². The van der Waals surface area contributed by atoms with Gasteiger partial charge in [-0.2, -0.15) is 13.2 Å². The number of alkyl halides is 3. The Morgan fingerprint density at radius 2 is 1.90 bits per heavy atom. The van der Waals surface area contributed by atoms with Crippen molar-refractivity contribution in [2.45, 2.75) is 25.9 Å². The Kier molecular flexibility index (Phi) is 3.71. The maximum atomic E-state index is 11.7. The van der Waals surface area contributed by atoms with Crippen molar-refractivity contribution in [3.05, 3.63) is 0 Å².